The average molecular weight is 259 g/mol. The van der Waals surface area contributed by atoms with Crippen molar-refractivity contribution in [3.8, 4) is 11.5 Å². The molecule has 1 saturated carbocycles. The second-order valence-electron chi connectivity index (χ2n) is 3.83. The smallest absolute Gasteiger partial charge is 0.160 e. The van der Waals surface area contributed by atoms with Crippen LogP contribution in [0.5, 0.6) is 11.5 Å². The lowest BCUT2D eigenvalue weighted by Gasteiger charge is -2.10. The predicted octanol–water partition coefficient (Wildman–Crippen LogP) is 1.93. The molecule has 0 bridgehead atoms. The normalized spacial score (nSPS) is 18.1. The highest BCUT2D eigenvalue weighted by atomic mass is 79.9. The van der Waals surface area contributed by atoms with E-state index in [4.69, 9.17) is 0 Å². The number of rotatable bonds is 2. The zero-order chi connectivity index (χ0) is 10.3. The van der Waals surface area contributed by atoms with E-state index in [0.717, 1.165) is 12.8 Å². The highest BCUT2D eigenvalue weighted by Crippen LogP contribution is 2.42. The zero-order valence-corrected chi connectivity index (χ0v) is 9.08. The molecule has 0 aliphatic heterocycles. The van der Waals surface area contributed by atoms with Crippen molar-refractivity contribution in [3.63, 3.8) is 0 Å². The molecular weight excluding hydrogens is 248 g/mol. The van der Waals surface area contributed by atoms with Gasteiger partial charge >= 0.3 is 0 Å². The van der Waals surface area contributed by atoms with Crippen molar-refractivity contribution in [2.24, 2.45) is 0 Å². The molecule has 1 aliphatic carbocycles. The first-order valence-corrected chi connectivity index (χ1v) is 5.22. The van der Waals surface area contributed by atoms with Gasteiger partial charge in [-0.3, -0.25) is 0 Å². The van der Waals surface area contributed by atoms with Gasteiger partial charge in [0, 0.05) is 16.5 Å². The molecule has 0 spiro atoms. The minimum atomic E-state index is -0.662. The van der Waals surface area contributed by atoms with E-state index < -0.39 is 5.60 Å². The third-order valence-electron chi connectivity index (χ3n) is 2.48. The second-order valence-corrected chi connectivity index (χ2v) is 4.75. The molecule has 0 saturated heterocycles. The summed E-state index contributed by atoms with van der Waals surface area (Å²) >= 11 is 3.22. The van der Waals surface area contributed by atoms with Gasteiger partial charge in [-0.2, -0.15) is 0 Å². The first kappa shape index (κ1) is 9.80. The van der Waals surface area contributed by atoms with Crippen LogP contribution in [-0.4, -0.2) is 20.9 Å². The summed E-state index contributed by atoms with van der Waals surface area (Å²) in [5.41, 5.74) is -0.0816. The number of phenolic OH excluding ortho intramolecular Hbond substituents is 2. The van der Waals surface area contributed by atoms with Gasteiger partial charge < -0.3 is 15.3 Å². The lowest BCUT2D eigenvalue weighted by molar-refractivity contribution is 0.150. The second kappa shape index (κ2) is 3.14. The van der Waals surface area contributed by atoms with Gasteiger partial charge in [-0.25, -0.2) is 0 Å². The maximum absolute atomic E-state index is 9.68. The molecule has 0 heterocycles. The number of benzene rings is 1. The Balaban J connectivity index is 2.32. The lowest BCUT2D eigenvalue weighted by Crippen LogP contribution is -2.10. The van der Waals surface area contributed by atoms with Crippen LogP contribution in [0.3, 0.4) is 0 Å². The maximum atomic E-state index is 9.68. The van der Waals surface area contributed by atoms with E-state index >= 15 is 0 Å². The first-order chi connectivity index (χ1) is 6.50. The zero-order valence-electron chi connectivity index (χ0n) is 7.50. The Morgan fingerprint density at radius 1 is 1.29 bits per heavy atom. The van der Waals surface area contributed by atoms with Crippen molar-refractivity contribution >= 4 is 15.9 Å². The SMILES string of the molecule is Oc1cc(Br)cc(CC2(O)CC2)c1O. The van der Waals surface area contributed by atoms with Crippen LogP contribution in [0.2, 0.25) is 0 Å². The third kappa shape index (κ3) is 1.86. The molecule has 1 aromatic carbocycles. The molecule has 1 aromatic rings. The summed E-state index contributed by atoms with van der Waals surface area (Å²) in [6.07, 6.45) is 1.92. The minimum absolute atomic E-state index is 0.131. The van der Waals surface area contributed by atoms with Crippen LogP contribution in [0.4, 0.5) is 0 Å². The number of hydrogen-bond donors (Lipinski definition) is 3. The average Bonchev–Trinajstić information content (AvgIpc) is 2.79. The summed E-state index contributed by atoms with van der Waals surface area (Å²) in [6, 6.07) is 3.14. The molecule has 3 N–H and O–H groups in total. The van der Waals surface area contributed by atoms with Crippen molar-refractivity contribution in [1.82, 2.24) is 0 Å². The summed E-state index contributed by atoms with van der Waals surface area (Å²) in [7, 11) is 0. The molecule has 3 nitrogen and oxygen atoms in total. The summed E-state index contributed by atoms with van der Waals surface area (Å²) < 4.78 is 0.701. The molecule has 0 aromatic heterocycles. The Hall–Kier alpha value is -0.740. The van der Waals surface area contributed by atoms with Crippen molar-refractivity contribution in [2.45, 2.75) is 24.9 Å². The molecule has 2 rings (SSSR count). The van der Waals surface area contributed by atoms with Crippen LogP contribution < -0.4 is 0 Å². The Morgan fingerprint density at radius 2 is 1.93 bits per heavy atom. The summed E-state index contributed by atoms with van der Waals surface area (Å²) in [5, 5.41) is 28.5. The van der Waals surface area contributed by atoms with E-state index in [1.165, 1.54) is 6.07 Å². The van der Waals surface area contributed by atoms with Crippen molar-refractivity contribution in [3.05, 3.63) is 22.2 Å². The van der Waals surface area contributed by atoms with E-state index in [9.17, 15) is 15.3 Å². The lowest BCUT2D eigenvalue weighted by atomic mass is 10.1. The van der Waals surface area contributed by atoms with Gasteiger partial charge in [0.1, 0.15) is 0 Å². The Labute approximate surface area is 90.1 Å². The molecular formula is C10H11BrO3. The molecule has 14 heavy (non-hydrogen) atoms. The monoisotopic (exact) mass is 258 g/mol. The number of phenols is 2. The number of hydrogen-bond acceptors (Lipinski definition) is 3. The van der Waals surface area contributed by atoms with Crippen molar-refractivity contribution in [2.75, 3.05) is 0 Å². The van der Waals surface area contributed by atoms with Crippen LogP contribution in [0.1, 0.15) is 18.4 Å². The van der Waals surface area contributed by atoms with Crippen LogP contribution in [-0.2, 0) is 6.42 Å². The van der Waals surface area contributed by atoms with E-state index in [1.807, 2.05) is 0 Å². The maximum Gasteiger partial charge on any atom is 0.160 e. The first-order valence-electron chi connectivity index (χ1n) is 4.43. The molecule has 0 radical (unpaired) electrons. The quantitative estimate of drug-likeness (QED) is 0.711. The number of halogens is 1. The Kier molecular flexibility index (Phi) is 2.20. The van der Waals surface area contributed by atoms with Gasteiger partial charge in [-0.15, -0.1) is 0 Å². The van der Waals surface area contributed by atoms with Crippen LogP contribution in [0.25, 0.3) is 0 Å². The molecule has 1 aliphatic rings. The van der Waals surface area contributed by atoms with Crippen LogP contribution in [0.15, 0.2) is 16.6 Å². The van der Waals surface area contributed by atoms with Gasteiger partial charge in [0.05, 0.1) is 5.60 Å². The number of aromatic hydroxyl groups is 2. The van der Waals surface area contributed by atoms with E-state index in [1.54, 1.807) is 6.07 Å². The Bertz CT molecular complexity index is 372. The van der Waals surface area contributed by atoms with Gasteiger partial charge in [-0.1, -0.05) is 15.9 Å². The topological polar surface area (TPSA) is 60.7 Å². The summed E-state index contributed by atoms with van der Waals surface area (Å²) in [4.78, 5) is 0. The van der Waals surface area contributed by atoms with Crippen molar-refractivity contribution in [1.29, 1.82) is 0 Å². The van der Waals surface area contributed by atoms with Crippen LogP contribution >= 0.6 is 15.9 Å². The van der Waals surface area contributed by atoms with Gasteiger partial charge in [-0.05, 0) is 25.0 Å². The molecule has 76 valence electrons. The highest BCUT2D eigenvalue weighted by molar-refractivity contribution is 9.10. The molecule has 1 fully saturated rings. The molecule has 4 heteroatoms. The molecule has 0 atom stereocenters. The van der Waals surface area contributed by atoms with E-state index in [2.05, 4.69) is 15.9 Å². The standard InChI is InChI=1S/C10H11BrO3/c11-7-3-6(5-10(14)1-2-10)9(13)8(12)4-7/h3-4,12-14H,1-2,5H2. The Morgan fingerprint density at radius 3 is 2.50 bits per heavy atom. The van der Waals surface area contributed by atoms with Gasteiger partial charge in [0.15, 0.2) is 11.5 Å². The number of aliphatic hydroxyl groups is 1. The fourth-order valence-electron chi connectivity index (χ4n) is 1.45. The largest absolute Gasteiger partial charge is 0.504 e. The summed E-state index contributed by atoms with van der Waals surface area (Å²) in [5.74, 6) is -0.285. The molecule has 0 unspecified atom stereocenters. The van der Waals surface area contributed by atoms with Crippen molar-refractivity contribution < 1.29 is 15.3 Å². The van der Waals surface area contributed by atoms with Crippen LogP contribution in [0, 0.1) is 0 Å². The summed E-state index contributed by atoms with van der Waals surface area (Å²) in [6.45, 7) is 0. The minimum Gasteiger partial charge on any atom is -0.504 e. The van der Waals surface area contributed by atoms with E-state index in [-0.39, 0.29) is 11.5 Å². The fourth-order valence-corrected chi connectivity index (χ4v) is 1.94. The third-order valence-corrected chi connectivity index (χ3v) is 2.94. The van der Waals surface area contributed by atoms with Gasteiger partial charge in [0.2, 0.25) is 0 Å². The fraction of sp³-hybridized carbons (Fsp3) is 0.400. The van der Waals surface area contributed by atoms with Gasteiger partial charge in [0.25, 0.3) is 0 Å². The highest BCUT2D eigenvalue weighted by Gasteiger charge is 2.40. The predicted molar refractivity (Wildman–Crippen MR) is 55.4 cm³/mol. The van der Waals surface area contributed by atoms with E-state index in [0.29, 0.717) is 16.5 Å². The molecule has 0 amide bonds.